The van der Waals surface area contributed by atoms with Gasteiger partial charge in [-0.3, -0.25) is 28.9 Å². The Morgan fingerprint density at radius 3 is 1.79 bits per heavy atom. The fraction of sp³-hybridized carbons (Fsp3) is 0.460. The molecule has 21 nitrogen and oxygen atoms in total. The summed E-state index contributed by atoms with van der Waals surface area (Å²) in [6, 6.07) is 17.9. The van der Waals surface area contributed by atoms with E-state index in [9.17, 15) is 43.6 Å². The quantitative estimate of drug-likeness (QED) is 0.0614. The van der Waals surface area contributed by atoms with Crippen molar-refractivity contribution in [3.8, 4) is 11.8 Å². The highest BCUT2D eigenvalue weighted by molar-refractivity contribution is 6.00. The van der Waals surface area contributed by atoms with Gasteiger partial charge in [0, 0.05) is 71.7 Å². The van der Waals surface area contributed by atoms with Gasteiger partial charge in [-0.2, -0.15) is 5.26 Å². The molecule has 11 amide bonds. The smallest absolute Gasteiger partial charge is 0.322 e. The summed E-state index contributed by atoms with van der Waals surface area (Å²) >= 11 is 0. The van der Waals surface area contributed by atoms with E-state index in [2.05, 4.69) is 42.5 Å². The molecule has 4 atom stereocenters. The average molecular weight is 983 g/mol. The van der Waals surface area contributed by atoms with Gasteiger partial charge in [-0.25, -0.2) is 14.4 Å². The molecule has 3 aromatic rings. The molecule has 71 heavy (non-hydrogen) atoms. The van der Waals surface area contributed by atoms with Crippen molar-refractivity contribution in [1.82, 2.24) is 47.0 Å². The van der Waals surface area contributed by atoms with Crippen LogP contribution >= 0.6 is 0 Å². The van der Waals surface area contributed by atoms with Gasteiger partial charge in [-0.1, -0.05) is 76.2 Å². The maximum absolute atomic E-state index is 14.6. The maximum atomic E-state index is 14.6. The van der Waals surface area contributed by atoms with Crippen molar-refractivity contribution in [3.63, 3.8) is 0 Å². The third kappa shape index (κ3) is 18.2. The van der Waals surface area contributed by atoms with Gasteiger partial charge < -0.3 is 57.1 Å². The second kappa shape index (κ2) is 29.2. The fourth-order valence-corrected chi connectivity index (χ4v) is 7.31. The molecule has 0 saturated heterocycles. The zero-order valence-electron chi connectivity index (χ0n) is 42.1. The van der Waals surface area contributed by atoms with Gasteiger partial charge in [0.05, 0.1) is 25.2 Å². The van der Waals surface area contributed by atoms with Crippen LogP contribution in [0.25, 0.3) is 0 Å². The molecule has 0 bridgehead atoms. The van der Waals surface area contributed by atoms with E-state index in [1.807, 2.05) is 38.1 Å². The Morgan fingerprint density at radius 2 is 1.23 bits per heavy atom. The summed E-state index contributed by atoms with van der Waals surface area (Å²) < 4.78 is 5.31. The minimum atomic E-state index is -1.16. The predicted octanol–water partition coefficient (Wildman–Crippen LogP) is 3.19. The Kier molecular flexibility index (Phi) is 23.6. The number of carbonyl (C=O) groups is 8. The molecule has 0 heterocycles. The number of ether oxygens (including phenoxy) is 1. The van der Waals surface area contributed by atoms with Gasteiger partial charge in [0.25, 0.3) is 5.91 Å². The normalized spacial score (nSPS) is 12.4. The zero-order valence-corrected chi connectivity index (χ0v) is 42.1. The van der Waals surface area contributed by atoms with Crippen LogP contribution in [0.15, 0.2) is 78.9 Å². The Hall–Kier alpha value is -7.89. The van der Waals surface area contributed by atoms with E-state index >= 15 is 0 Å². The average Bonchev–Trinajstić information content (AvgIpc) is 3.36. The molecule has 0 fully saturated rings. The Bertz CT molecular complexity index is 2310. The lowest BCUT2D eigenvalue weighted by molar-refractivity contribution is -0.130. The summed E-state index contributed by atoms with van der Waals surface area (Å²) in [6.45, 7) is 8.00. The van der Waals surface area contributed by atoms with Crippen molar-refractivity contribution < 1.29 is 43.1 Å². The maximum Gasteiger partial charge on any atom is 0.322 e. The van der Waals surface area contributed by atoms with Crippen molar-refractivity contribution in [2.75, 3.05) is 71.2 Å². The number of anilines is 2. The van der Waals surface area contributed by atoms with Crippen molar-refractivity contribution in [2.45, 2.75) is 78.0 Å². The minimum Gasteiger partial charge on any atom is -0.496 e. The number of carbonyl (C=O) groups excluding carboxylic acids is 8. The van der Waals surface area contributed by atoms with Crippen LogP contribution in [-0.4, -0.2) is 143 Å². The number of likely N-dealkylation sites (N-methyl/N-ethyl adjacent to an activating group) is 2. The van der Waals surface area contributed by atoms with Crippen LogP contribution < -0.4 is 52.2 Å². The van der Waals surface area contributed by atoms with Crippen LogP contribution in [0.1, 0.15) is 63.4 Å². The van der Waals surface area contributed by atoms with Crippen molar-refractivity contribution in [3.05, 3.63) is 90.0 Å². The van der Waals surface area contributed by atoms with E-state index in [4.69, 9.17) is 4.74 Å². The summed E-state index contributed by atoms with van der Waals surface area (Å²) in [6.07, 6.45) is 0.332. The second-order valence-electron chi connectivity index (χ2n) is 17.3. The number of nitrogens with zero attached hydrogens (tertiary/aromatic N) is 4. The predicted molar refractivity (Wildman–Crippen MR) is 269 cm³/mol. The lowest BCUT2D eigenvalue weighted by Crippen LogP contribution is -2.58. The highest BCUT2D eigenvalue weighted by Gasteiger charge is 2.32. The molecule has 0 aliphatic rings. The van der Waals surface area contributed by atoms with Gasteiger partial charge in [-0.05, 0) is 61.1 Å². The van der Waals surface area contributed by atoms with Crippen molar-refractivity contribution in [2.24, 2.45) is 11.8 Å². The fourth-order valence-electron chi connectivity index (χ4n) is 7.31. The van der Waals surface area contributed by atoms with Gasteiger partial charge in [-0.15, -0.1) is 0 Å². The molecule has 21 heteroatoms. The monoisotopic (exact) mass is 983 g/mol. The van der Waals surface area contributed by atoms with Crippen LogP contribution in [0.3, 0.4) is 0 Å². The SMILES string of the molecule is CNC(=O)c1cc(NC(=O)N(CCC#N)CCN(CCN(C(=O)N[C@@H](Cc2ccccc2)C(=O)N[C@@H](CC(C)C)C(=O)NC)c2ccccc2)C(=O)N[C@H](C(=O)N[C@@H](C)C(=O)NC)C(C)C)ccc1OC. The molecule has 3 aromatic carbocycles. The molecule has 3 rings (SSSR count). The molecule has 0 spiro atoms. The summed E-state index contributed by atoms with van der Waals surface area (Å²) in [5.74, 6) is -2.67. The third-order valence-corrected chi connectivity index (χ3v) is 11.2. The topological polar surface area (TPSA) is 276 Å². The number of hydrogen-bond acceptors (Lipinski definition) is 10. The molecule has 8 N–H and O–H groups in total. The number of urea groups is 3. The number of nitrogens with one attached hydrogen (secondary N) is 8. The molecule has 0 saturated carbocycles. The van der Waals surface area contributed by atoms with Gasteiger partial charge >= 0.3 is 18.1 Å². The van der Waals surface area contributed by atoms with E-state index < -0.39 is 71.8 Å². The van der Waals surface area contributed by atoms with Crippen LogP contribution in [0.4, 0.5) is 25.8 Å². The lowest BCUT2D eigenvalue weighted by atomic mass is 10.0. The van der Waals surface area contributed by atoms with E-state index in [1.54, 1.807) is 56.3 Å². The number of para-hydroxylation sites is 1. The number of benzene rings is 3. The number of rotatable bonds is 25. The lowest BCUT2D eigenvalue weighted by Gasteiger charge is -2.33. The third-order valence-electron chi connectivity index (χ3n) is 11.2. The molecule has 384 valence electrons. The van der Waals surface area contributed by atoms with Crippen molar-refractivity contribution >= 4 is 59.0 Å². The molecule has 0 radical (unpaired) electrons. The second-order valence-corrected chi connectivity index (χ2v) is 17.3. The van der Waals surface area contributed by atoms with Crippen LogP contribution in [0.2, 0.25) is 0 Å². The molecule has 0 aromatic heterocycles. The Labute approximate surface area is 416 Å². The molecule has 0 aliphatic carbocycles. The standard InChI is InChI=1S/C50H70N12O9/c1-32(2)29-39(45(65)54-8)57-46(66)40(30-35-17-12-10-13-18-35)58-50(70)62(37-19-14-11-15-20-37)28-27-61(49(69)59-42(33(3)4)47(67)55-34(5)43(63)52-6)26-25-60(24-16-23-51)48(68)56-36-21-22-41(71-9)38(31-36)44(64)53-7/h10-15,17-22,31-34,39-40,42H,16,24-30H2,1-9H3,(H,52,63)(H,53,64)(H,54,65)(H,55,67)(H,56,68)(H,57,66)(H,58,70)(H,59,69)/t34-,39-,40-,42-/m0/s1. The molecular formula is C50H70N12O9. The number of amides is 11. The van der Waals surface area contributed by atoms with E-state index in [0.717, 1.165) is 5.56 Å². The van der Waals surface area contributed by atoms with Crippen molar-refractivity contribution in [1.29, 1.82) is 5.26 Å². The first-order chi connectivity index (χ1) is 33.9. The summed E-state index contributed by atoms with van der Waals surface area (Å²) in [5.41, 5.74) is 1.54. The van der Waals surface area contributed by atoms with Gasteiger partial charge in [0.2, 0.25) is 23.6 Å². The van der Waals surface area contributed by atoms with E-state index in [-0.39, 0.29) is 74.4 Å². The number of hydrogen-bond donors (Lipinski definition) is 8. The first-order valence-corrected chi connectivity index (χ1v) is 23.5. The summed E-state index contributed by atoms with van der Waals surface area (Å²) in [5, 5.41) is 31.0. The summed E-state index contributed by atoms with van der Waals surface area (Å²) in [7, 11) is 5.76. The molecule has 0 unspecified atom stereocenters. The highest BCUT2D eigenvalue weighted by atomic mass is 16.5. The first-order valence-electron chi connectivity index (χ1n) is 23.5. The van der Waals surface area contributed by atoms with Gasteiger partial charge in [0.15, 0.2) is 0 Å². The van der Waals surface area contributed by atoms with Crippen LogP contribution in [-0.2, 0) is 25.6 Å². The van der Waals surface area contributed by atoms with Gasteiger partial charge in [0.1, 0.15) is 29.9 Å². The summed E-state index contributed by atoms with van der Waals surface area (Å²) in [4.78, 5) is 112. The van der Waals surface area contributed by atoms with E-state index in [1.165, 1.54) is 68.1 Å². The Balaban J connectivity index is 2.04. The largest absolute Gasteiger partial charge is 0.496 e. The molecule has 0 aliphatic heterocycles. The molecular weight excluding hydrogens is 913 g/mol. The Morgan fingerprint density at radius 1 is 0.620 bits per heavy atom. The first kappa shape index (κ1) is 57.4. The van der Waals surface area contributed by atoms with Crippen LogP contribution in [0, 0.1) is 23.2 Å². The van der Waals surface area contributed by atoms with Crippen LogP contribution in [0.5, 0.6) is 5.75 Å². The highest BCUT2D eigenvalue weighted by Crippen LogP contribution is 2.23. The zero-order chi connectivity index (χ0) is 52.6. The number of methoxy groups -OCH3 is 1. The van der Waals surface area contributed by atoms with E-state index in [0.29, 0.717) is 12.1 Å². The number of nitriles is 1. The minimum absolute atomic E-state index is 0.0505.